The Balaban J connectivity index is 4.54. The standard InChI is InChI=1S/C13H25NO5P/c1-5-11(9-15)13(12(6-2)10-16)19-20(17)18-8-7-14(3)4/h9-13H,5-8H2,1-4H3/q-1. The van der Waals surface area contributed by atoms with E-state index in [9.17, 15) is 14.5 Å². The number of rotatable bonds is 12. The number of hydrogen-bond donors (Lipinski definition) is 0. The molecule has 6 nitrogen and oxygen atoms in total. The summed E-state index contributed by atoms with van der Waals surface area (Å²) in [6.45, 7) is 4.54. The third-order valence-electron chi connectivity index (χ3n) is 3.08. The van der Waals surface area contributed by atoms with Gasteiger partial charge in [-0.2, -0.15) is 0 Å². The lowest BCUT2D eigenvalue weighted by Crippen LogP contribution is -2.33. The molecule has 0 bridgehead atoms. The van der Waals surface area contributed by atoms with Crippen molar-refractivity contribution >= 4 is 21.2 Å². The van der Waals surface area contributed by atoms with Gasteiger partial charge in [0.05, 0.1) is 21.3 Å². The molecule has 0 saturated heterocycles. The summed E-state index contributed by atoms with van der Waals surface area (Å²) in [5.74, 6) is -0.914. The van der Waals surface area contributed by atoms with Crippen molar-refractivity contribution in [2.75, 3.05) is 27.2 Å². The minimum Gasteiger partial charge on any atom is -0.786 e. The van der Waals surface area contributed by atoms with Crippen LogP contribution in [0.2, 0.25) is 0 Å². The molecule has 0 aliphatic rings. The van der Waals surface area contributed by atoms with Gasteiger partial charge in [-0.05, 0) is 26.9 Å². The molecule has 7 heteroatoms. The van der Waals surface area contributed by atoms with Gasteiger partial charge in [0, 0.05) is 18.4 Å². The Morgan fingerprint density at radius 1 is 1.15 bits per heavy atom. The highest BCUT2D eigenvalue weighted by molar-refractivity contribution is 7.39. The van der Waals surface area contributed by atoms with Crippen LogP contribution in [0.3, 0.4) is 0 Å². The van der Waals surface area contributed by atoms with E-state index in [2.05, 4.69) is 0 Å². The van der Waals surface area contributed by atoms with E-state index in [0.717, 1.165) is 12.6 Å². The van der Waals surface area contributed by atoms with E-state index in [1.807, 2.05) is 32.8 Å². The Kier molecular flexibility index (Phi) is 11.1. The average Bonchev–Trinajstić information content (AvgIpc) is 2.40. The van der Waals surface area contributed by atoms with Crippen molar-refractivity contribution in [3.8, 4) is 0 Å². The molecule has 3 unspecified atom stereocenters. The second-order valence-corrected chi connectivity index (χ2v) is 5.76. The predicted molar refractivity (Wildman–Crippen MR) is 76.0 cm³/mol. The summed E-state index contributed by atoms with van der Waals surface area (Å²) in [5, 5.41) is 0. The van der Waals surface area contributed by atoms with Gasteiger partial charge in [-0.15, -0.1) is 0 Å². The molecular weight excluding hydrogens is 281 g/mol. The largest absolute Gasteiger partial charge is 0.786 e. The fourth-order valence-electron chi connectivity index (χ4n) is 1.71. The van der Waals surface area contributed by atoms with Gasteiger partial charge in [-0.3, -0.25) is 0 Å². The Labute approximate surface area is 122 Å². The van der Waals surface area contributed by atoms with Gasteiger partial charge in [0.25, 0.3) is 0 Å². The van der Waals surface area contributed by atoms with Crippen molar-refractivity contribution in [2.24, 2.45) is 11.8 Å². The SMILES string of the molecule is CCC(C=O)C(OP([O-])OCCN(C)C)C(C=O)CC. The van der Waals surface area contributed by atoms with Crippen LogP contribution in [0.4, 0.5) is 0 Å². The first-order valence-electron chi connectivity index (χ1n) is 6.82. The van der Waals surface area contributed by atoms with Gasteiger partial charge in [0.2, 0.25) is 0 Å². The molecule has 0 aliphatic heterocycles. The minimum atomic E-state index is -2.33. The summed E-state index contributed by atoms with van der Waals surface area (Å²) in [6, 6.07) is 0. The van der Waals surface area contributed by atoms with Crippen LogP contribution >= 0.6 is 8.60 Å². The summed E-state index contributed by atoms with van der Waals surface area (Å²) in [4.78, 5) is 35.8. The van der Waals surface area contributed by atoms with Crippen LogP contribution in [-0.2, 0) is 18.6 Å². The number of aldehydes is 2. The highest BCUT2D eigenvalue weighted by Gasteiger charge is 2.29. The highest BCUT2D eigenvalue weighted by Crippen LogP contribution is 2.35. The minimum absolute atomic E-state index is 0.269. The van der Waals surface area contributed by atoms with Crippen LogP contribution in [0.1, 0.15) is 26.7 Å². The van der Waals surface area contributed by atoms with Crippen LogP contribution in [0, 0.1) is 11.8 Å². The zero-order valence-electron chi connectivity index (χ0n) is 12.7. The van der Waals surface area contributed by atoms with Gasteiger partial charge in [0.1, 0.15) is 12.6 Å². The number of carbonyl (C=O) groups excluding carboxylic acids is 2. The molecule has 0 radical (unpaired) electrons. The van der Waals surface area contributed by atoms with E-state index in [-0.39, 0.29) is 6.61 Å². The summed E-state index contributed by atoms with van der Waals surface area (Å²) < 4.78 is 10.4. The third-order valence-corrected chi connectivity index (χ3v) is 3.89. The molecule has 20 heavy (non-hydrogen) atoms. The van der Waals surface area contributed by atoms with Crippen molar-refractivity contribution in [2.45, 2.75) is 32.8 Å². The van der Waals surface area contributed by atoms with Crippen molar-refractivity contribution in [3.05, 3.63) is 0 Å². The van der Waals surface area contributed by atoms with Crippen LogP contribution in [0.15, 0.2) is 0 Å². The fourth-order valence-corrected chi connectivity index (χ4v) is 2.52. The Morgan fingerprint density at radius 3 is 2.00 bits per heavy atom. The van der Waals surface area contributed by atoms with Gasteiger partial charge < -0.3 is 28.4 Å². The zero-order chi connectivity index (χ0) is 15.5. The Bertz CT molecular complexity index is 261. The monoisotopic (exact) mass is 306 g/mol. The maximum atomic E-state index is 11.8. The second-order valence-electron chi connectivity index (χ2n) is 4.85. The number of nitrogens with zero attached hydrogens (tertiary/aromatic N) is 1. The van der Waals surface area contributed by atoms with Gasteiger partial charge in [-0.25, -0.2) is 0 Å². The van der Waals surface area contributed by atoms with E-state index >= 15 is 0 Å². The molecule has 118 valence electrons. The molecule has 0 aromatic carbocycles. The van der Waals surface area contributed by atoms with Crippen molar-refractivity contribution < 1.29 is 23.5 Å². The molecule has 0 aromatic rings. The quantitative estimate of drug-likeness (QED) is 0.395. The van der Waals surface area contributed by atoms with E-state index in [1.165, 1.54) is 0 Å². The summed E-state index contributed by atoms with van der Waals surface area (Å²) in [6.07, 6.45) is 1.86. The molecule has 3 atom stereocenters. The smallest absolute Gasteiger partial charge is 0.125 e. The summed E-state index contributed by atoms with van der Waals surface area (Å²) in [7, 11) is 1.42. The van der Waals surface area contributed by atoms with Crippen LogP contribution in [0.5, 0.6) is 0 Å². The average molecular weight is 306 g/mol. The van der Waals surface area contributed by atoms with Crippen molar-refractivity contribution in [1.82, 2.24) is 4.90 Å². The molecule has 0 rings (SSSR count). The van der Waals surface area contributed by atoms with E-state index in [1.54, 1.807) is 0 Å². The molecule has 0 N–H and O–H groups in total. The number of likely N-dealkylation sites (N-methyl/N-ethyl adjacent to an activating group) is 1. The van der Waals surface area contributed by atoms with Gasteiger partial charge in [0.15, 0.2) is 0 Å². The normalized spacial score (nSPS) is 17.5. The second kappa shape index (κ2) is 11.3. The molecule has 0 spiro atoms. The summed E-state index contributed by atoms with van der Waals surface area (Å²) in [5.41, 5.74) is 0. The van der Waals surface area contributed by atoms with Crippen LogP contribution in [-0.4, -0.2) is 50.8 Å². The molecular formula is C13H25NO5P-. The lowest BCUT2D eigenvalue weighted by Gasteiger charge is -2.33. The van der Waals surface area contributed by atoms with E-state index < -0.39 is 26.5 Å². The molecule has 0 heterocycles. The lowest BCUT2D eigenvalue weighted by atomic mass is 9.89. The first kappa shape index (κ1) is 19.6. The Morgan fingerprint density at radius 2 is 1.65 bits per heavy atom. The van der Waals surface area contributed by atoms with E-state index in [4.69, 9.17) is 9.05 Å². The van der Waals surface area contributed by atoms with Crippen molar-refractivity contribution in [1.29, 1.82) is 0 Å². The number of hydrogen-bond acceptors (Lipinski definition) is 6. The maximum Gasteiger partial charge on any atom is 0.125 e. The van der Waals surface area contributed by atoms with Crippen LogP contribution in [0.25, 0.3) is 0 Å². The highest BCUT2D eigenvalue weighted by atomic mass is 31.2. The molecule has 0 saturated carbocycles. The topological polar surface area (TPSA) is 78.9 Å². The maximum absolute atomic E-state index is 11.8. The first-order chi connectivity index (χ1) is 9.49. The molecule has 0 fully saturated rings. The molecule has 0 aliphatic carbocycles. The molecule has 0 amide bonds. The van der Waals surface area contributed by atoms with Gasteiger partial charge in [-0.1, -0.05) is 13.8 Å². The first-order valence-corrected chi connectivity index (χ1v) is 7.91. The molecule has 0 aromatic heterocycles. The van der Waals surface area contributed by atoms with Gasteiger partial charge >= 0.3 is 0 Å². The third kappa shape index (κ3) is 7.41. The fraction of sp³-hybridized carbons (Fsp3) is 0.846. The van der Waals surface area contributed by atoms with E-state index in [0.29, 0.717) is 19.4 Å². The number of carbonyl (C=O) groups is 2. The zero-order valence-corrected chi connectivity index (χ0v) is 13.5. The lowest BCUT2D eigenvalue weighted by molar-refractivity contribution is -0.211. The van der Waals surface area contributed by atoms with Crippen LogP contribution < -0.4 is 4.89 Å². The summed E-state index contributed by atoms with van der Waals surface area (Å²) >= 11 is 0. The Hall–Kier alpha value is -0.390. The predicted octanol–water partition coefficient (Wildman–Crippen LogP) is 0.987. The van der Waals surface area contributed by atoms with Crippen molar-refractivity contribution in [3.63, 3.8) is 0 Å².